The van der Waals surface area contributed by atoms with Crippen LogP contribution in [0.1, 0.15) is 40.0 Å². The molecule has 0 aliphatic heterocycles. The summed E-state index contributed by atoms with van der Waals surface area (Å²) in [6.45, 7) is 6.01. The van der Waals surface area contributed by atoms with Crippen molar-refractivity contribution >= 4 is 11.6 Å². The van der Waals surface area contributed by atoms with Crippen LogP contribution in [0.15, 0.2) is 42.5 Å². The SMILES string of the molecule is Cc1ccc(C(C)N(C)C(=O)c2cc(N)ccc2C)cc1. The second-order valence-corrected chi connectivity index (χ2v) is 5.58. The van der Waals surface area contributed by atoms with Crippen LogP contribution in [0.2, 0.25) is 0 Å². The van der Waals surface area contributed by atoms with Crippen LogP contribution in [-0.2, 0) is 0 Å². The molecule has 0 bridgehead atoms. The third-order valence-corrected chi connectivity index (χ3v) is 3.95. The second kappa shape index (κ2) is 6.00. The predicted molar refractivity (Wildman–Crippen MR) is 87.3 cm³/mol. The number of benzene rings is 2. The third-order valence-electron chi connectivity index (χ3n) is 3.95. The summed E-state index contributed by atoms with van der Waals surface area (Å²) in [5.41, 5.74) is 10.4. The maximum absolute atomic E-state index is 12.7. The van der Waals surface area contributed by atoms with Gasteiger partial charge in [-0.1, -0.05) is 35.9 Å². The maximum Gasteiger partial charge on any atom is 0.254 e. The summed E-state index contributed by atoms with van der Waals surface area (Å²) < 4.78 is 0. The number of nitrogen functional groups attached to an aromatic ring is 1. The van der Waals surface area contributed by atoms with Crippen molar-refractivity contribution in [3.63, 3.8) is 0 Å². The number of amides is 1. The first-order chi connectivity index (χ1) is 9.90. The molecule has 0 saturated carbocycles. The van der Waals surface area contributed by atoms with Gasteiger partial charge < -0.3 is 10.6 Å². The Kier molecular flexibility index (Phi) is 4.32. The van der Waals surface area contributed by atoms with Gasteiger partial charge in [-0.15, -0.1) is 0 Å². The van der Waals surface area contributed by atoms with Crippen molar-refractivity contribution in [1.29, 1.82) is 0 Å². The lowest BCUT2D eigenvalue weighted by atomic mass is 10.0. The number of nitrogens with two attached hydrogens (primary N) is 1. The highest BCUT2D eigenvalue weighted by Gasteiger charge is 2.20. The fourth-order valence-electron chi connectivity index (χ4n) is 2.30. The van der Waals surface area contributed by atoms with Crippen molar-refractivity contribution in [3.05, 3.63) is 64.7 Å². The van der Waals surface area contributed by atoms with Gasteiger partial charge in [0.15, 0.2) is 0 Å². The van der Waals surface area contributed by atoms with E-state index in [2.05, 4.69) is 31.2 Å². The van der Waals surface area contributed by atoms with Gasteiger partial charge in [0.2, 0.25) is 0 Å². The van der Waals surface area contributed by atoms with Crippen LogP contribution < -0.4 is 5.73 Å². The van der Waals surface area contributed by atoms with Crippen LogP contribution in [0.25, 0.3) is 0 Å². The highest BCUT2D eigenvalue weighted by Crippen LogP contribution is 2.23. The minimum atomic E-state index is -0.00660. The molecule has 0 fully saturated rings. The van der Waals surface area contributed by atoms with E-state index in [0.717, 1.165) is 11.1 Å². The van der Waals surface area contributed by atoms with Gasteiger partial charge in [0.05, 0.1) is 6.04 Å². The lowest BCUT2D eigenvalue weighted by Crippen LogP contribution is -2.30. The van der Waals surface area contributed by atoms with E-state index in [1.54, 1.807) is 11.0 Å². The van der Waals surface area contributed by atoms with E-state index in [1.165, 1.54) is 5.56 Å². The first-order valence-electron chi connectivity index (χ1n) is 7.10. The molecule has 2 aromatic rings. The molecule has 3 nitrogen and oxygen atoms in total. The summed E-state index contributed by atoms with van der Waals surface area (Å²) in [5, 5.41) is 0. The quantitative estimate of drug-likeness (QED) is 0.872. The summed E-state index contributed by atoms with van der Waals surface area (Å²) in [6, 6.07) is 13.7. The minimum Gasteiger partial charge on any atom is -0.399 e. The van der Waals surface area contributed by atoms with Crippen molar-refractivity contribution in [2.75, 3.05) is 12.8 Å². The van der Waals surface area contributed by atoms with Crippen molar-refractivity contribution in [2.24, 2.45) is 0 Å². The van der Waals surface area contributed by atoms with Gasteiger partial charge in [-0.3, -0.25) is 4.79 Å². The average Bonchev–Trinajstić information content (AvgIpc) is 2.48. The number of hydrogen-bond donors (Lipinski definition) is 1. The number of carbonyl (C=O) groups is 1. The largest absolute Gasteiger partial charge is 0.399 e. The van der Waals surface area contributed by atoms with Crippen molar-refractivity contribution in [3.8, 4) is 0 Å². The minimum absolute atomic E-state index is 0.00660. The Labute approximate surface area is 126 Å². The summed E-state index contributed by atoms with van der Waals surface area (Å²) in [6.07, 6.45) is 0. The fraction of sp³-hybridized carbons (Fsp3) is 0.278. The van der Waals surface area contributed by atoms with Crippen LogP contribution in [0.5, 0.6) is 0 Å². The molecule has 0 aliphatic rings. The van der Waals surface area contributed by atoms with E-state index in [0.29, 0.717) is 11.3 Å². The number of rotatable bonds is 3. The highest BCUT2D eigenvalue weighted by atomic mass is 16.2. The second-order valence-electron chi connectivity index (χ2n) is 5.58. The maximum atomic E-state index is 12.7. The number of hydrogen-bond acceptors (Lipinski definition) is 2. The van der Waals surface area contributed by atoms with Crippen LogP contribution in [-0.4, -0.2) is 17.9 Å². The molecule has 21 heavy (non-hydrogen) atoms. The molecule has 1 amide bonds. The lowest BCUT2D eigenvalue weighted by molar-refractivity contribution is 0.0742. The summed E-state index contributed by atoms with van der Waals surface area (Å²) in [4.78, 5) is 14.4. The summed E-state index contributed by atoms with van der Waals surface area (Å²) in [5.74, 6) is -0.00660. The summed E-state index contributed by atoms with van der Waals surface area (Å²) in [7, 11) is 1.83. The van der Waals surface area contributed by atoms with Gasteiger partial charge in [0.1, 0.15) is 0 Å². The zero-order chi connectivity index (χ0) is 15.6. The van der Waals surface area contributed by atoms with Crippen LogP contribution >= 0.6 is 0 Å². The zero-order valence-corrected chi connectivity index (χ0v) is 13.1. The van der Waals surface area contributed by atoms with Crippen LogP contribution in [0.4, 0.5) is 5.69 Å². The molecule has 2 aromatic carbocycles. The van der Waals surface area contributed by atoms with E-state index < -0.39 is 0 Å². The van der Waals surface area contributed by atoms with Gasteiger partial charge >= 0.3 is 0 Å². The number of aryl methyl sites for hydroxylation is 2. The Hall–Kier alpha value is -2.29. The molecule has 0 aliphatic carbocycles. The van der Waals surface area contributed by atoms with Crippen molar-refractivity contribution in [1.82, 2.24) is 4.90 Å². The molecule has 0 saturated heterocycles. The Bertz CT molecular complexity index is 647. The van der Waals surface area contributed by atoms with E-state index in [4.69, 9.17) is 5.73 Å². The molecule has 0 aromatic heterocycles. The Morgan fingerprint density at radius 2 is 1.71 bits per heavy atom. The first-order valence-corrected chi connectivity index (χ1v) is 7.10. The molecular formula is C18H22N2O. The monoisotopic (exact) mass is 282 g/mol. The number of anilines is 1. The molecule has 0 radical (unpaired) electrons. The molecule has 2 N–H and O–H groups in total. The summed E-state index contributed by atoms with van der Waals surface area (Å²) >= 11 is 0. The van der Waals surface area contributed by atoms with Gasteiger partial charge in [-0.05, 0) is 44.0 Å². The molecule has 1 unspecified atom stereocenters. The lowest BCUT2D eigenvalue weighted by Gasteiger charge is -2.26. The number of carbonyl (C=O) groups excluding carboxylic acids is 1. The van der Waals surface area contributed by atoms with E-state index in [1.807, 2.05) is 33.0 Å². The normalized spacial score (nSPS) is 12.0. The highest BCUT2D eigenvalue weighted by molar-refractivity contribution is 5.96. The van der Waals surface area contributed by atoms with Crippen molar-refractivity contribution in [2.45, 2.75) is 26.8 Å². The van der Waals surface area contributed by atoms with E-state index in [-0.39, 0.29) is 11.9 Å². The molecule has 0 spiro atoms. The van der Waals surface area contributed by atoms with Gasteiger partial charge in [-0.25, -0.2) is 0 Å². The van der Waals surface area contributed by atoms with Gasteiger partial charge in [0, 0.05) is 18.3 Å². The standard InChI is InChI=1S/C18H22N2O/c1-12-5-8-15(9-6-12)14(3)20(4)18(21)17-11-16(19)10-7-13(17)2/h5-11,14H,19H2,1-4H3. The van der Waals surface area contributed by atoms with Gasteiger partial charge in [0.25, 0.3) is 5.91 Å². The van der Waals surface area contributed by atoms with E-state index in [9.17, 15) is 4.79 Å². The zero-order valence-electron chi connectivity index (χ0n) is 13.1. The first kappa shape index (κ1) is 15.1. The predicted octanol–water partition coefficient (Wildman–Crippen LogP) is 3.72. The smallest absolute Gasteiger partial charge is 0.254 e. The Morgan fingerprint density at radius 1 is 1.10 bits per heavy atom. The molecular weight excluding hydrogens is 260 g/mol. The molecule has 2 rings (SSSR count). The average molecular weight is 282 g/mol. The van der Waals surface area contributed by atoms with Crippen molar-refractivity contribution < 1.29 is 4.79 Å². The molecule has 3 heteroatoms. The molecule has 0 heterocycles. The van der Waals surface area contributed by atoms with Crippen LogP contribution in [0.3, 0.4) is 0 Å². The van der Waals surface area contributed by atoms with E-state index >= 15 is 0 Å². The fourth-order valence-corrected chi connectivity index (χ4v) is 2.30. The molecule has 110 valence electrons. The number of nitrogens with zero attached hydrogens (tertiary/aromatic N) is 1. The third kappa shape index (κ3) is 3.24. The Balaban J connectivity index is 2.26. The van der Waals surface area contributed by atoms with Gasteiger partial charge in [-0.2, -0.15) is 0 Å². The Morgan fingerprint density at radius 3 is 2.33 bits per heavy atom. The topological polar surface area (TPSA) is 46.3 Å². The van der Waals surface area contributed by atoms with Crippen LogP contribution in [0, 0.1) is 13.8 Å². The molecule has 1 atom stereocenters.